The standard InChI is InChI=1S/C22H26N2O8S/c1-30-19-17(24-21(26)15-11-7-4-8-12-15)22(27)31-18(19)16(32-33(2,28)29)13-23-20(25)14-9-5-3-6-10-14/h3-12,16-19,22,27H,13H2,1-2H3,(H,23,25)(H,24,26)/t16-,17+,18+,19-,22+/m0/s1. The van der Waals surface area contributed by atoms with Crippen LogP contribution >= 0.6 is 0 Å². The highest BCUT2D eigenvalue weighted by Gasteiger charge is 2.49. The fourth-order valence-electron chi connectivity index (χ4n) is 3.56. The lowest BCUT2D eigenvalue weighted by atomic mass is 10.0. The fourth-order valence-corrected chi connectivity index (χ4v) is 4.19. The van der Waals surface area contributed by atoms with Gasteiger partial charge < -0.3 is 25.2 Å². The van der Waals surface area contributed by atoms with E-state index in [9.17, 15) is 23.1 Å². The van der Waals surface area contributed by atoms with Crippen LogP contribution in [0, 0.1) is 0 Å². The van der Waals surface area contributed by atoms with E-state index < -0.39 is 52.6 Å². The van der Waals surface area contributed by atoms with Crippen molar-refractivity contribution in [2.45, 2.75) is 30.6 Å². The first-order valence-corrected chi connectivity index (χ1v) is 11.9. The van der Waals surface area contributed by atoms with Crippen molar-refractivity contribution >= 4 is 21.9 Å². The van der Waals surface area contributed by atoms with Crippen molar-refractivity contribution in [2.24, 2.45) is 0 Å². The van der Waals surface area contributed by atoms with Gasteiger partial charge in [-0.15, -0.1) is 0 Å². The maximum Gasteiger partial charge on any atom is 0.264 e. The zero-order valence-electron chi connectivity index (χ0n) is 18.1. The van der Waals surface area contributed by atoms with Crippen LogP contribution < -0.4 is 10.6 Å². The highest BCUT2D eigenvalue weighted by molar-refractivity contribution is 7.86. The number of nitrogens with one attached hydrogen (secondary N) is 2. The summed E-state index contributed by atoms with van der Waals surface area (Å²) in [4.78, 5) is 25.0. The molecule has 2 aromatic rings. The van der Waals surface area contributed by atoms with E-state index in [1.165, 1.54) is 7.11 Å². The van der Waals surface area contributed by atoms with Crippen LogP contribution in [0.5, 0.6) is 0 Å². The predicted molar refractivity (Wildman–Crippen MR) is 118 cm³/mol. The van der Waals surface area contributed by atoms with Crippen LogP contribution in [0.25, 0.3) is 0 Å². The molecule has 0 unspecified atom stereocenters. The number of methoxy groups -OCH3 is 1. The molecule has 178 valence electrons. The van der Waals surface area contributed by atoms with Gasteiger partial charge >= 0.3 is 0 Å². The van der Waals surface area contributed by atoms with E-state index in [2.05, 4.69) is 10.6 Å². The number of hydrogen-bond acceptors (Lipinski definition) is 8. The van der Waals surface area contributed by atoms with Gasteiger partial charge in [-0.2, -0.15) is 8.42 Å². The Balaban J connectivity index is 1.76. The predicted octanol–water partition coefficient (Wildman–Crippen LogP) is 0.292. The molecule has 1 heterocycles. The summed E-state index contributed by atoms with van der Waals surface area (Å²) >= 11 is 0. The van der Waals surface area contributed by atoms with E-state index in [4.69, 9.17) is 13.7 Å². The quantitative estimate of drug-likeness (QED) is 0.437. The minimum absolute atomic E-state index is 0.253. The van der Waals surface area contributed by atoms with Gasteiger partial charge in [0.2, 0.25) is 0 Å². The summed E-state index contributed by atoms with van der Waals surface area (Å²) in [5.41, 5.74) is 0.737. The molecule has 3 N–H and O–H groups in total. The molecule has 11 heteroatoms. The molecule has 2 amide bonds. The molecular weight excluding hydrogens is 452 g/mol. The van der Waals surface area contributed by atoms with Gasteiger partial charge in [-0.05, 0) is 24.3 Å². The maximum atomic E-state index is 12.6. The van der Waals surface area contributed by atoms with Crippen molar-refractivity contribution in [2.75, 3.05) is 19.9 Å². The van der Waals surface area contributed by atoms with E-state index in [0.717, 1.165) is 6.26 Å². The second kappa shape index (κ2) is 10.9. The Bertz CT molecular complexity index is 1050. The normalized spacial score (nSPS) is 23.6. The van der Waals surface area contributed by atoms with Crippen LogP contribution in [0.2, 0.25) is 0 Å². The van der Waals surface area contributed by atoms with Crippen LogP contribution in [0.1, 0.15) is 20.7 Å². The van der Waals surface area contributed by atoms with Gasteiger partial charge in [0.15, 0.2) is 6.29 Å². The fraction of sp³-hybridized carbons (Fsp3) is 0.364. The van der Waals surface area contributed by atoms with Crippen molar-refractivity contribution in [3.8, 4) is 0 Å². The van der Waals surface area contributed by atoms with Crippen molar-refractivity contribution in [3.05, 3.63) is 71.8 Å². The molecule has 0 spiro atoms. The van der Waals surface area contributed by atoms with Crippen molar-refractivity contribution in [1.82, 2.24) is 10.6 Å². The third kappa shape index (κ3) is 6.59. The minimum Gasteiger partial charge on any atom is -0.376 e. The molecular formula is C22H26N2O8S. The largest absolute Gasteiger partial charge is 0.376 e. The summed E-state index contributed by atoms with van der Waals surface area (Å²) < 4.78 is 39.9. The summed E-state index contributed by atoms with van der Waals surface area (Å²) in [7, 11) is -2.63. The number of aliphatic hydroxyl groups excluding tert-OH is 1. The van der Waals surface area contributed by atoms with Crippen molar-refractivity contribution in [3.63, 3.8) is 0 Å². The summed E-state index contributed by atoms with van der Waals surface area (Å²) in [5.74, 6) is -0.914. The first-order chi connectivity index (χ1) is 15.7. The molecule has 5 atom stereocenters. The zero-order valence-corrected chi connectivity index (χ0v) is 18.9. The highest BCUT2D eigenvalue weighted by Crippen LogP contribution is 2.27. The molecule has 2 aromatic carbocycles. The Hall–Kier alpha value is -2.83. The molecule has 0 aromatic heterocycles. The van der Waals surface area contributed by atoms with Gasteiger partial charge in [0.05, 0.1) is 6.26 Å². The topological polar surface area (TPSA) is 140 Å². The molecule has 0 bridgehead atoms. The van der Waals surface area contributed by atoms with E-state index in [1.807, 2.05) is 0 Å². The number of carbonyl (C=O) groups excluding carboxylic acids is 2. The molecule has 10 nitrogen and oxygen atoms in total. The molecule has 1 aliphatic heterocycles. The number of amides is 2. The van der Waals surface area contributed by atoms with Crippen LogP contribution in [0.15, 0.2) is 60.7 Å². The Morgan fingerprint density at radius 2 is 1.58 bits per heavy atom. The highest BCUT2D eigenvalue weighted by atomic mass is 32.2. The number of hydrogen-bond donors (Lipinski definition) is 3. The molecule has 3 rings (SSSR count). The van der Waals surface area contributed by atoms with Gasteiger partial charge in [-0.1, -0.05) is 36.4 Å². The van der Waals surface area contributed by atoms with E-state index >= 15 is 0 Å². The lowest BCUT2D eigenvalue weighted by Crippen LogP contribution is -2.52. The van der Waals surface area contributed by atoms with Gasteiger partial charge in [-0.3, -0.25) is 13.8 Å². The van der Waals surface area contributed by atoms with Gasteiger partial charge in [0, 0.05) is 24.8 Å². The number of aliphatic hydroxyl groups is 1. The second-order valence-electron chi connectivity index (χ2n) is 7.47. The molecule has 0 saturated carbocycles. The Morgan fingerprint density at radius 1 is 1.03 bits per heavy atom. The number of carbonyl (C=O) groups is 2. The van der Waals surface area contributed by atoms with Gasteiger partial charge in [0.25, 0.3) is 21.9 Å². The lowest BCUT2D eigenvalue weighted by molar-refractivity contribution is -0.127. The third-order valence-electron chi connectivity index (χ3n) is 5.05. The van der Waals surface area contributed by atoms with Crippen molar-refractivity contribution < 1.29 is 36.8 Å². The van der Waals surface area contributed by atoms with Gasteiger partial charge in [0.1, 0.15) is 24.4 Å². The van der Waals surface area contributed by atoms with Crippen molar-refractivity contribution in [1.29, 1.82) is 0 Å². The van der Waals surface area contributed by atoms with Crippen LogP contribution in [-0.2, 0) is 23.8 Å². The third-order valence-corrected chi connectivity index (χ3v) is 5.65. The molecule has 1 fully saturated rings. The smallest absolute Gasteiger partial charge is 0.264 e. The first-order valence-electron chi connectivity index (χ1n) is 10.1. The molecule has 1 aliphatic rings. The maximum absolute atomic E-state index is 12.6. The number of rotatable bonds is 9. The Labute approximate surface area is 192 Å². The van der Waals surface area contributed by atoms with E-state index in [0.29, 0.717) is 11.1 Å². The SMILES string of the molecule is CO[C@H]1[C@@H](NC(=O)c2ccccc2)[C@H](O)O[C@@H]1[C@H](CNC(=O)c1ccccc1)OS(C)(=O)=O. The minimum atomic E-state index is -3.96. The monoisotopic (exact) mass is 478 g/mol. The number of benzene rings is 2. The molecule has 0 aliphatic carbocycles. The zero-order chi connectivity index (χ0) is 24.0. The summed E-state index contributed by atoms with van der Waals surface area (Å²) in [5, 5.41) is 15.7. The number of ether oxygens (including phenoxy) is 2. The Morgan fingerprint density at radius 3 is 2.09 bits per heavy atom. The van der Waals surface area contributed by atoms with E-state index in [-0.39, 0.29) is 6.54 Å². The molecule has 33 heavy (non-hydrogen) atoms. The molecule has 1 saturated heterocycles. The average molecular weight is 479 g/mol. The van der Waals surface area contributed by atoms with Crippen LogP contribution in [-0.4, -0.2) is 75.9 Å². The van der Waals surface area contributed by atoms with Crippen LogP contribution in [0.3, 0.4) is 0 Å². The Kier molecular flexibility index (Phi) is 8.16. The summed E-state index contributed by atoms with van der Waals surface area (Å²) in [6, 6.07) is 15.7. The second-order valence-corrected chi connectivity index (χ2v) is 9.07. The lowest BCUT2D eigenvalue weighted by Gasteiger charge is -2.27. The average Bonchev–Trinajstić information content (AvgIpc) is 3.11. The summed E-state index contributed by atoms with van der Waals surface area (Å²) in [6.07, 6.45) is -3.94. The van der Waals surface area contributed by atoms with E-state index in [1.54, 1.807) is 60.7 Å². The van der Waals surface area contributed by atoms with Crippen LogP contribution in [0.4, 0.5) is 0 Å². The van der Waals surface area contributed by atoms with Gasteiger partial charge in [-0.25, -0.2) is 0 Å². The molecule has 0 radical (unpaired) electrons. The summed E-state index contributed by atoms with van der Waals surface area (Å²) in [6.45, 7) is -0.253. The first kappa shape index (κ1) is 24.8.